The summed E-state index contributed by atoms with van der Waals surface area (Å²) in [5, 5.41) is 6.93. The predicted molar refractivity (Wildman–Crippen MR) is 174 cm³/mol. The van der Waals surface area contributed by atoms with Gasteiger partial charge in [-0.05, 0) is 50.7 Å². The minimum absolute atomic E-state index is 0.0282. The van der Waals surface area contributed by atoms with Crippen molar-refractivity contribution in [3.63, 3.8) is 0 Å². The van der Waals surface area contributed by atoms with Crippen molar-refractivity contribution in [3.8, 4) is 11.5 Å². The van der Waals surface area contributed by atoms with Gasteiger partial charge in [-0.1, -0.05) is 44.0 Å². The molecule has 0 aliphatic carbocycles. The first kappa shape index (κ1) is 30.2. The summed E-state index contributed by atoms with van der Waals surface area (Å²) in [5.74, 6) is 3.73. The van der Waals surface area contributed by atoms with E-state index in [1.165, 1.54) is 12.8 Å². The number of rotatable bonds is 10. The van der Waals surface area contributed by atoms with Crippen LogP contribution in [-0.2, 0) is 11.0 Å². The van der Waals surface area contributed by atoms with Crippen LogP contribution in [0.2, 0.25) is 5.02 Å². The first-order valence-electron chi connectivity index (χ1n) is 14.6. The molecule has 4 unspecified atom stereocenters. The number of anilines is 6. The van der Waals surface area contributed by atoms with E-state index in [-0.39, 0.29) is 5.25 Å². The highest BCUT2D eigenvalue weighted by Crippen LogP contribution is 2.45. The maximum Gasteiger partial charge on any atom is 0.229 e. The third-order valence-corrected chi connectivity index (χ3v) is 10.2. The number of halogens is 1. The van der Waals surface area contributed by atoms with Gasteiger partial charge < -0.3 is 25.0 Å². The Morgan fingerprint density at radius 1 is 1.21 bits per heavy atom. The highest BCUT2D eigenvalue weighted by atomic mass is 35.5. The van der Waals surface area contributed by atoms with Gasteiger partial charge in [-0.3, -0.25) is 4.31 Å². The molecule has 1 aromatic heterocycles. The zero-order valence-electron chi connectivity index (χ0n) is 25.2. The van der Waals surface area contributed by atoms with Crippen LogP contribution in [0.25, 0.3) is 0 Å². The molecule has 0 radical (unpaired) electrons. The minimum Gasteiger partial charge on any atom is -0.494 e. The Kier molecular flexibility index (Phi) is 9.32. The Labute approximate surface area is 256 Å². The van der Waals surface area contributed by atoms with Crippen molar-refractivity contribution in [2.75, 3.05) is 47.1 Å². The molecule has 226 valence electrons. The molecule has 3 aromatic rings. The third-order valence-electron chi connectivity index (χ3n) is 8.39. The van der Waals surface area contributed by atoms with E-state index < -0.39 is 11.0 Å². The average molecular weight is 613 g/mol. The van der Waals surface area contributed by atoms with E-state index in [0.29, 0.717) is 40.9 Å². The smallest absolute Gasteiger partial charge is 0.229 e. The molecular weight excluding hydrogens is 572 g/mol. The minimum atomic E-state index is -1.20. The van der Waals surface area contributed by atoms with Crippen LogP contribution in [0.3, 0.4) is 0 Å². The van der Waals surface area contributed by atoms with Gasteiger partial charge in [0.05, 0.1) is 42.1 Å². The van der Waals surface area contributed by atoms with E-state index in [1.54, 1.807) is 17.6 Å². The zero-order valence-corrected chi connectivity index (χ0v) is 26.8. The number of nitrogens with one attached hydrogen (secondary N) is 2. The van der Waals surface area contributed by atoms with E-state index >= 15 is 0 Å². The molecule has 2 aliphatic rings. The van der Waals surface area contributed by atoms with Gasteiger partial charge >= 0.3 is 0 Å². The lowest BCUT2D eigenvalue weighted by molar-refractivity contribution is 0.183. The molecule has 11 heteroatoms. The Morgan fingerprint density at radius 2 is 2.00 bits per heavy atom. The lowest BCUT2D eigenvalue weighted by Crippen LogP contribution is -2.49. The second-order valence-electron chi connectivity index (χ2n) is 11.3. The normalized spacial score (nSPS) is 19.3. The number of benzene rings is 2. The van der Waals surface area contributed by atoms with Gasteiger partial charge in [0.2, 0.25) is 5.95 Å². The van der Waals surface area contributed by atoms with Crippen LogP contribution in [0, 0.1) is 11.8 Å². The van der Waals surface area contributed by atoms with E-state index in [1.807, 2.05) is 57.3 Å². The molecule has 5 rings (SSSR count). The van der Waals surface area contributed by atoms with Crippen molar-refractivity contribution in [3.05, 3.63) is 47.6 Å². The number of methoxy groups -OCH3 is 1. The summed E-state index contributed by atoms with van der Waals surface area (Å²) < 4.78 is 26.6. The van der Waals surface area contributed by atoms with Crippen molar-refractivity contribution in [2.24, 2.45) is 11.8 Å². The van der Waals surface area contributed by atoms with Gasteiger partial charge in [0.15, 0.2) is 5.82 Å². The third kappa shape index (κ3) is 6.24. The van der Waals surface area contributed by atoms with E-state index in [9.17, 15) is 4.21 Å². The Morgan fingerprint density at radius 3 is 2.74 bits per heavy atom. The molecule has 0 amide bonds. The summed E-state index contributed by atoms with van der Waals surface area (Å²) in [7, 11) is 2.27. The standard InChI is InChI=1S/C31H41ClN6O3S/c1-7-20(4)21-12-13-38-22(14-21)18-41-29-15-25(28(40-6)16-27(29)38)35-31-33-17-23(32)30(36-31)34-24-10-8-9-11-26(24)37(5)42(39)19(2)3/h8-11,15-17,19-22H,7,12-14,18H2,1-6H3,(H2,33,34,35,36). The second-order valence-corrected chi connectivity index (χ2v) is 13.8. The monoisotopic (exact) mass is 612 g/mol. The van der Waals surface area contributed by atoms with Crippen LogP contribution < -0.4 is 29.3 Å². The van der Waals surface area contributed by atoms with Gasteiger partial charge in [0.25, 0.3) is 0 Å². The van der Waals surface area contributed by atoms with Crippen LogP contribution in [0.15, 0.2) is 42.6 Å². The summed E-state index contributed by atoms with van der Waals surface area (Å²) in [6.07, 6.45) is 5.10. The number of para-hydroxylation sites is 2. The van der Waals surface area contributed by atoms with Gasteiger partial charge in [0.1, 0.15) is 34.1 Å². The lowest BCUT2D eigenvalue weighted by atomic mass is 9.80. The van der Waals surface area contributed by atoms with Crippen molar-refractivity contribution in [2.45, 2.75) is 58.2 Å². The summed E-state index contributed by atoms with van der Waals surface area (Å²) in [6, 6.07) is 12.0. The molecule has 2 aromatic carbocycles. The SMILES string of the molecule is CCC(C)C1CCN2c3cc(OC)c(Nc4ncc(Cl)c(Nc5ccccc5N(C)S(=O)C(C)C)n4)cc3OCC2C1. The molecular formula is C31H41ClN6O3S. The van der Waals surface area contributed by atoms with Gasteiger partial charge in [-0.2, -0.15) is 4.98 Å². The zero-order chi connectivity index (χ0) is 30.0. The first-order valence-corrected chi connectivity index (χ1v) is 16.2. The second kappa shape index (κ2) is 13.0. The van der Waals surface area contributed by atoms with Gasteiger partial charge in [0, 0.05) is 31.0 Å². The van der Waals surface area contributed by atoms with Crippen LogP contribution in [0.4, 0.5) is 34.5 Å². The molecule has 42 heavy (non-hydrogen) atoms. The Hall–Kier alpha value is -3.24. The number of hydrogen-bond donors (Lipinski definition) is 2. The topological polar surface area (TPSA) is 91.9 Å². The molecule has 9 nitrogen and oxygen atoms in total. The molecule has 0 spiro atoms. The number of fused-ring (bicyclic) bond motifs is 3. The fourth-order valence-electron chi connectivity index (χ4n) is 5.78. The average Bonchev–Trinajstić information content (AvgIpc) is 3.01. The van der Waals surface area contributed by atoms with E-state index in [4.69, 9.17) is 21.1 Å². The fraction of sp³-hybridized carbons (Fsp3) is 0.484. The van der Waals surface area contributed by atoms with Crippen molar-refractivity contribution in [1.82, 2.24) is 9.97 Å². The van der Waals surface area contributed by atoms with E-state index in [0.717, 1.165) is 47.6 Å². The number of nitrogens with zero attached hydrogens (tertiary/aromatic N) is 4. The maximum absolute atomic E-state index is 12.8. The van der Waals surface area contributed by atoms with E-state index in [2.05, 4.69) is 39.3 Å². The van der Waals surface area contributed by atoms with Crippen molar-refractivity contribution >= 4 is 57.1 Å². The van der Waals surface area contributed by atoms with Crippen LogP contribution in [-0.4, -0.2) is 52.8 Å². The first-order chi connectivity index (χ1) is 20.2. The van der Waals surface area contributed by atoms with Crippen LogP contribution in [0.5, 0.6) is 11.5 Å². The molecule has 1 saturated heterocycles. The summed E-state index contributed by atoms with van der Waals surface area (Å²) in [4.78, 5) is 11.6. The summed E-state index contributed by atoms with van der Waals surface area (Å²) in [6.45, 7) is 10.2. The predicted octanol–water partition coefficient (Wildman–Crippen LogP) is 7.16. The summed E-state index contributed by atoms with van der Waals surface area (Å²) >= 11 is 6.51. The molecule has 3 heterocycles. The molecule has 4 atom stereocenters. The lowest BCUT2D eigenvalue weighted by Gasteiger charge is -2.45. The molecule has 0 bridgehead atoms. The highest BCUT2D eigenvalue weighted by Gasteiger charge is 2.36. The Balaban J connectivity index is 1.38. The number of hydrogen-bond acceptors (Lipinski definition) is 8. The fourth-order valence-corrected chi connectivity index (χ4v) is 6.90. The van der Waals surface area contributed by atoms with Gasteiger partial charge in [-0.25, -0.2) is 9.19 Å². The summed E-state index contributed by atoms with van der Waals surface area (Å²) in [5.41, 5.74) is 3.26. The quantitative estimate of drug-likeness (QED) is 0.249. The number of aromatic nitrogens is 2. The van der Waals surface area contributed by atoms with Crippen molar-refractivity contribution < 1.29 is 13.7 Å². The van der Waals surface area contributed by atoms with Crippen LogP contribution in [0.1, 0.15) is 47.0 Å². The Bertz CT molecular complexity index is 1440. The molecule has 2 aliphatic heterocycles. The largest absolute Gasteiger partial charge is 0.494 e. The molecule has 1 fully saturated rings. The maximum atomic E-state index is 12.8. The number of ether oxygens (including phenoxy) is 2. The van der Waals surface area contributed by atoms with Gasteiger partial charge in [-0.15, -0.1) is 0 Å². The highest BCUT2D eigenvalue weighted by molar-refractivity contribution is 7.87. The van der Waals surface area contributed by atoms with Crippen LogP contribution >= 0.6 is 11.6 Å². The molecule has 2 N–H and O–H groups in total. The van der Waals surface area contributed by atoms with Crippen molar-refractivity contribution in [1.29, 1.82) is 0 Å². The molecule has 0 saturated carbocycles. The number of piperidine rings is 1.